The highest BCUT2D eigenvalue weighted by Crippen LogP contribution is 2.25. The van der Waals surface area contributed by atoms with Crippen molar-refractivity contribution in [3.05, 3.63) is 22.2 Å². The first kappa shape index (κ1) is 11.6. The molecule has 0 aliphatic carbocycles. The van der Waals surface area contributed by atoms with Crippen molar-refractivity contribution in [1.82, 2.24) is 4.98 Å². The number of halogens is 2. The van der Waals surface area contributed by atoms with E-state index in [-0.39, 0.29) is 0 Å². The number of benzene rings is 1. The summed E-state index contributed by atoms with van der Waals surface area (Å²) in [7, 11) is -4.54. The Kier molecular flexibility index (Phi) is 2.81. The van der Waals surface area contributed by atoms with E-state index in [9.17, 15) is 17.2 Å². The lowest BCUT2D eigenvalue weighted by molar-refractivity contribution is 0.235. The van der Waals surface area contributed by atoms with Crippen molar-refractivity contribution in [3.8, 4) is 0 Å². The lowest BCUT2D eigenvalue weighted by atomic mass is 10.3. The van der Waals surface area contributed by atoms with Crippen LogP contribution in [0.2, 0.25) is 0 Å². The summed E-state index contributed by atoms with van der Waals surface area (Å²) in [5.41, 5.74) is 0.455. The summed E-state index contributed by atoms with van der Waals surface area (Å²) >= 11 is 6.12. The molecule has 16 heavy (non-hydrogen) atoms. The SMILES string of the molecule is O=S(=O)(c1ccc2sc(=S)[nH]c2c1)C(F)F. The average molecular weight is 281 g/mol. The molecule has 1 aromatic carbocycles. The van der Waals surface area contributed by atoms with Crippen LogP contribution in [-0.4, -0.2) is 19.2 Å². The number of H-pyrrole nitrogens is 1. The van der Waals surface area contributed by atoms with Gasteiger partial charge in [0.15, 0.2) is 3.95 Å². The van der Waals surface area contributed by atoms with Crippen LogP contribution in [-0.2, 0) is 9.84 Å². The number of alkyl halides is 2. The van der Waals surface area contributed by atoms with E-state index in [4.69, 9.17) is 12.2 Å². The van der Waals surface area contributed by atoms with Crippen LogP contribution >= 0.6 is 23.6 Å². The van der Waals surface area contributed by atoms with Crippen LogP contribution in [0, 0.1) is 3.95 Å². The summed E-state index contributed by atoms with van der Waals surface area (Å²) in [5.74, 6) is -3.41. The van der Waals surface area contributed by atoms with Crippen molar-refractivity contribution in [2.24, 2.45) is 0 Å². The molecule has 2 aromatic rings. The van der Waals surface area contributed by atoms with Crippen LogP contribution in [0.4, 0.5) is 8.78 Å². The second-order valence-corrected chi connectivity index (χ2v) is 6.61. The zero-order valence-corrected chi connectivity index (χ0v) is 10.1. The summed E-state index contributed by atoms with van der Waals surface area (Å²) in [6.07, 6.45) is 0. The number of aromatic amines is 1. The van der Waals surface area contributed by atoms with Crippen molar-refractivity contribution in [2.75, 3.05) is 0 Å². The fourth-order valence-electron chi connectivity index (χ4n) is 1.21. The Morgan fingerprint density at radius 1 is 1.38 bits per heavy atom. The minimum atomic E-state index is -4.54. The second kappa shape index (κ2) is 3.86. The van der Waals surface area contributed by atoms with E-state index < -0.39 is 20.5 Å². The number of hydrogen-bond donors (Lipinski definition) is 1. The van der Waals surface area contributed by atoms with Crippen LogP contribution in [0.3, 0.4) is 0 Å². The summed E-state index contributed by atoms with van der Waals surface area (Å²) in [5, 5.41) is 0. The van der Waals surface area contributed by atoms with E-state index in [1.807, 2.05) is 0 Å². The van der Waals surface area contributed by atoms with E-state index in [1.54, 1.807) is 0 Å². The predicted molar refractivity (Wildman–Crippen MR) is 60.2 cm³/mol. The van der Waals surface area contributed by atoms with Gasteiger partial charge in [0.2, 0.25) is 9.84 Å². The Morgan fingerprint density at radius 2 is 2.06 bits per heavy atom. The molecule has 1 aromatic heterocycles. The van der Waals surface area contributed by atoms with Gasteiger partial charge in [0.05, 0.1) is 15.1 Å². The van der Waals surface area contributed by atoms with Gasteiger partial charge in [-0.25, -0.2) is 8.42 Å². The summed E-state index contributed by atoms with van der Waals surface area (Å²) in [6.45, 7) is 0. The maximum absolute atomic E-state index is 12.3. The third kappa shape index (κ3) is 1.87. The third-order valence-electron chi connectivity index (χ3n) is 1.95. The largest absolute Gasteiger partial charge is 0.341 e. The average Bonchev–Trinajstić information content (AvgIpc) is 2.56. The number of aromatic nitrogens is 1. The molecule has 0 radical (unpaired) electrons. The highest BCUT2D eigenvalue weighted by molar-refractivity contribution is 7.91. The number of rotatable bonds is 2. The van der Waals surface area contributed by atoms with Crippen LogP contribution in [0.5, 0.6) is 0 Å². The molecule has 0 aliphatic heterocycles. The molecule has 0 atom stereocenters. The minimum Gasteiger partial charge on any atom is -0.337 e. The zero-order chi connectivity index (χ0) is 11.9. The van der Waals surface area contributed by atoms with Gasteiger partial charge in [-0.1, -0.05) is 0 Å². The van der Waals surface area contributed by atoms with Crippen LogP contribution in [0.25, 0.3) is 10.2 Å². The maximum atomic E-state index is 12.3. The van der Waals surface area contributed by atoms with E-state index in [1.165, 1.54) is 23.5 Å². The van der Waals surface area contributed by atoms with Crippen molar-refractivity contribution in [2.45, 2.75) is 10.7 Å². The highest BCUT2D eigenvalue weighted by atomic mass is 32.2. The summed E-state index contributed by atoms with van der Waals surface area (Å²) < 4.78 is 48.2. The summed E-state index contributed by atoms with van der Waals surface area (Å²) in [6, 6.07) is 3.79. The Balaban J connectivity index is 2.68. The highest BCUT2D eigenvalue weighted by Gasteiger charge is 2.26. The first-order chi connectivity index (χ1) is 7.41. The third-order valence-corrected chi connectivity index (χ3v) is 4.55. The molecule has 0 bridgehead atoms. The molecule has 8 heteroatoms. The number of fused-ring (bicyclic) bond motifs is 1. The standard InChI is InChI=1S/C8H5F2NO2S3/c9-7(10)16(12,13)4-1-2-6-5(3-4)11-8(14)15-6/h1-3,7H,(H,11,14). The quantitative estimate of drug-likeness (QED) is 0.861. The molecule has 0 spiro atoms. The van der Waals surface area contributed by atoms with Gasteiger partial charge in [-0.15, -0.1) is 11.3 Å². The minimum absolute atomic E-state index is 0.404. The lowest BCUT2D eigenvalue weighted by Gasteiger charge is -2.02. The normalized spacial score (nSPS) is 12.4. The molecule has 1 N–H and O–H groups in total. The van der Waals surface area contributed by atoms with Crippen LogP contribution in [0.1, 0.15) is 0 Å². The van der Waals surface area contributed by atoms with Crippen molar-refractivity contribution >= 4 is 43.6 Å². The second-order valence-electron chi connectivity index (χ2n) is 2.98. The Labute approximate surface area is 98.7 Å². The van der Waals surface area contributed by atoms with Gasteiger partial charge in [-0.05, 0) is 30.4 Å². The van der Waals surface area contributed by atoms with Gasteiger partial charge >= 0.3 is 5.76 Å². The smallest absolute Gasteiger partial charge is 0.337 e. The molecule has 3 nitrogen and oxygen atoms in total. The molecular weight excluding hydrogens is 276 g/mol. The molecule has 0 amide bonds. The van der Waals surface area contributed by atoms with E-state index in [0.717, 1.165) is 10.8 Å². The van der Waals surface area contributed by atoms with E-state index in [2.05, 4.69) is 4.98 Å². The topological polar surface area (TPSA) is 49.9 Å². The number of sulfone groups is 1. The number of nitrogens with one attached hydrogen (secondary N) is 1. The Bertz CT molecular complexity index is 687. The van der Waals surface area contributed by atoms with Gasteiger partial charge in [0.25, 0.3) is 0 Å². The van der Waals surface area contributed by atoms with Gasteiger partial charge in [-0.2, -0.15) is 8.78 Å². The Hall–Kier alpha value is -0.860. The first-order valence-corrected chi connectivity index (χ1v) is 6.83. The van der Waals surface area contributed by atoms with E-state index >= 15 is 0 Å². The van der Waals surface area contributed by atoms with Crippen LogP contribution in [0.15, 0.2) is 23.1 Å². The molecule has 86 valence electrons. The summed E-state index contributed by atoms with van der Waals surface area (Å²) in [4.78, 5) is 2.33. The van der Waals surface area contributed by atoms with E-state index in [0.29, 0.717) is 9.47 Å². The molecular formula is C8H5F2NO2S3. The van der Waals surface area contributed by atoms with Gasteiger partial charge < -0.3 is 4.98 Å². The fraction of sp³-hybridized carbons (Fsp3) is 0.125. The van der Waals surface area contributed by atoms with Crippen molar-refractivity contribution in [3.63, 3.8) is 0 Å². The van der Waals surface area contributed by atoms with Crippen molar-refractivity contribution in [1.29, 1.82) is 0 Å². The molecule has 0 aliphatic rings. The molecule has 0 unspecified atom stereocenters. The molecule has 0 saturated carbocycles. The lowest BCUT2D eigenvalue weighted by Crippen LogP contribution is -2.11. The van der Waals surface area contributed by atoms with Gasteiger partial charge in [0, 0.05) is 0 Å². The predicted octanol–water partition coefficient (Wildman–Crippen LogP) is 2.96. The molecule has 0 saturated heterocycles. The van der Waals surface area contributed by atoms with Crippen LogP contribution < -0.4 is 0 Å². The zero-order valence-electron chi connectivity index (χ0n) is 7.61. The molecule has 0 fully saturated rings. The Morgan fingerprint density at radius 3 is 2.69 bits per heavy atom. The van der Waals surface area contributed by atoms with Gasteiger partial charge in [0.1, 0.15) is 0 Å². The fourth-order valence-corrected chi connectivity index (χ4v) is 3.05. The first-order valence-electron chi connectivity index (χ1n) is 4.06. The molecule has 1 heterocycles. The monoisotopic (exact) mass is 281 g/mol. The van der Waals surface area contributed by atoms with Gasteiger partial charge in [-0.3, -0.25) is 0 Å². The number of hydrogen-bond acceptors (Lipinski definition) is 4. The number of thiazole rings is 1. The van der Waals surface area contributed by atoms with Crippen molar-refractivity contribution < 1.29 is 17.2 Å². The molecule has 2 rings (SSSR count). The maximum Gasteiger partial charge on any atom is 0.341 e.